The number of carbonyl (C=O) groups is 2. The molecule has 0 radical (unpaired) electrons. The second-order valence-corrected chi connectivity index (χ2v) is 7.47. The van der Waals surface area contributed by atoms with Gasteiger partial charge in [0.05, 0.1) is 12.1 Å². The number of halogens is 1. The topological polar surface area (TPSA) is 66.4 Å². The van der Waals surface area contributed by atoms with Crippen molar-refractivity contribution in [1.82, 2.24) is 19.8 Å². The van der Waals surface area contributed by atoms with Gasteiger partial charge in [-0.15, -0.1) is 0 Å². The van der Waals surface area contributed by atoms with Gasteiger partial charge in [-0.2, -0.15) is 0 Å². The van der Waals surface area contributed by atoms with Crippen molar-refractivity contribution in [2.45, 2.75) is 19.9 Å². The Hall–Kier alpha value is -3.87. The van der Waals surface area contributed by atoms with Crippen LogP contribution in [0.4, 0.5) is 4.39 Å². The molecule has 1 aliphatic heterocycles. The summed E-state index contributed by atoms with van der Waals surface area (Å²) in [4.78, 5) is 38.1. The Labute approximate surface area is 186 Å². The van der Waals surface area contributed by atoms with E-state index in [4.69, 9.17) is 0 Å². The molecule has 162 valence electrons. The molecule has 2 aromatic heterocycles. The summed E-state index contributed by atoms with van der Waals surface area (Å²) in [6, 6.07) is 13.1. The van der Waals surface area contributed by atoms with Crippen molar-refractivity contribution in [2.24, 2.45) is 0 Å². The lowest BCUT2D eigenvalue weighted by Gasteiger charge is -2.25. The van der Waals surface area contributed by atoms with Gasteiger partial charge in [0, 0.05) is 37.9 Å². The molecule has 0 N–H and O–H groups in total. The number of carbonyl (C=O) groups excluding carboxylic acids is 2. The Morgan fingerprint density at radius 3 is 2.03 bits per heavy atom. The fourth-order valence-electron chi connectivity index (χ4n) is 3.79. The number of hydrogen-bond acceptors (Lipinski definition) is 5. The second kappa shape index (κ2) is 9.51. The highest BCUT2D eigenvalue weighted by molar-refractivity contribution is 6.35. The molecule has 1 aromatic carbocycles. The van der Waals surface area contributed by atoms with Gasteiger partial charge in [-0.25, -0.2) is 4.39 Å². The van der Waals surface area contributed by atoms with Gasteiger partial charge < -0.3 is 4.90 Å². The number of rotatable bonds is 8. The van der Waals surface area contributed by atoms with Crippen LogP contribution in [0.3, 0.4) is 0 Å². The minimum Gasteiger partial charge on any atom is -0.366 e. The summed E-state index contributed by atoms with van der Waals surface area (Å²) in [6.07, 6.45) is 7.42. The molecule has 7 heteroatoms. The minimum atomic E-state index is -0.397. The number of likely N-dealkylation sites (N-methyl/N-ethyl adjacent to an activating group) is 1. The number of hydrogen-bond donors (Lipinski definition) is 0. The van der Waals surface area contributed by atoms with Crippen LogP contribution in [-0.4, -0.2) is 44.7 Å². The van der Waals surface area contributed by atoms with Gasteiger partial charge in [0.25, 0.3) is 11.8 Å². The summed E-state index contributed by atoms with van der Waals surface area (Å²) in [5.74, 6) is -1.12. The maximum Gasteiger partial charge on any atom is 0.278 e. The number of amides is 2. The summed E-state index contributed by atoms with van der Waals surface area (Å²) in [6.45, 7) is 3.21. The summed E-state index contributed by atoms with van der Waals surface area (Å²) in [7, 11) is 0. The first-order chi connectivity index (χ1) is 15.6. The second-order valence-electron chi connectivity index (χ2n) is 7.47. The molecule has 6 nitrogen and oxygen atoms in total. The molecule has 0 unspecified atom stereocenters. The van der Waals surface area contributed by atoms with Gasteiger partial charge in [-0.05, 0) is 66.4 Å². The highest BCUT2D eigenvalue weighted by Gasteiger charge is 2.41. The minimum absolute atomic E-state index is 0.149. The summed E-state index contributed by atoms with van der Waals surface area (Å²) in [5, 5.41) is 0. The van der Waals surface area contributed by atoms with E-state index in [0.29, 0.717) is 36.3 Å². The maximum atomic E-state index is 13.5. The third-order valence-electron chi connectivity index (χ3n) is 5.48. The first-order valence-electron chi connectivity index (χ1n) is 10.5. The lowest BCUT2D eigenvalue weighted by Crippen LogP contribution is -2.35. The van der Waals surface area contributed by atoms with Crippen LogP contribution in [0.15, 0.2) is 79.0 Å². The Balaban J connectivity index is 1.69. The molecule has 32 heavy (non-hydrogen) atoms. The van der Waals surface area contributed by atoms with E-state index in [9.17, 15) is 14.0 Å². The first kappa shape index (κ1) is 21.4. The van der Waals surface area contributed by atoms with E-state index in [0.717, 1.165) is 11.1 Å². The number of aromatic nitrogens is 2. The zero-order valence-electron chi connectivity index (χ0n) is 17.7. The fraction of sp³-hybridized carbons (Fsp3) is 0.200. The van der Waals surface area contributed by atoms with E-state index in [-0.39, 0.29) is 18.4 Å². The molecule has 0 spiro atoms. The maximum absolute atomic E-state index is 13.5. The molecule has 1 aliphatic rings. The lowest BCUT2D eigenvalue weighted by atomic mass is 10.0. The normalized spacial score (nSPS) is 13.8. The van der Waals surface area contributed by atoms with Gasteiger partial charge in [0.2, 0.25) is 0 Å². The van der Waals surface area contributed by atoms with Crippen molar-refractivity contribution in [2.75, 3.05) is 13.1 Å². The van der Waals surface area contributed by atoms with Crippen molar-refractivity contribution >= 4 is 17.4 Å². The molecule has 4 rings (SSSR count). The van der Waals surface area contributed by atoms with Crippen molar-refractivity contribution in [3.63, 3.8) is 0 Å². The van der Waals surface area contributed by atoms with Gasteiger partial charge in [0.15, 0.2) is 0 Å². The van der Waals surface area contributed by atoms with Crippen LogP contribution in [0.25, 0.3) is 5.57 Å². The third-order valence-corrected chi connectivity index (χ3v) is 5.48. The standard InChI is InChI=1S/C25H23FN4O2/c1-2-29(16-11-18-7-12-27-13-8-18)23-22(20-3-5-21(26)6-4-20)24(31)30(25(23)32)17-19-9-14-28-15-10-19/h3-10,12-15H,2,11,16-17H2,1H3. The van der Waals surface area contributed by atoms with Crippen LogP contribution >= 0.6 is 0 Å². The van der Waals surface area contributed by atoms with Crippen LogP contribution in [0.1, 0.15) is 23.6 Å². The van der Waals surface area contributed by atoms with Gasteiger partial charge in [-0.3, -0.25) is 24.5 Å². The molecular weight excluding hydrogens is 407 g/mol. The predicted molar refractivity (Wildman–Crippen MR) is 118 cm³/mol. The molecular formula is C25H23FN4O2. The Morgan fingerprint density at radius 2 is 1.44 bits per heavy atom. The van der Waals surface area contributed by atoms with E-state index < -0.39 is 5.82 Å². The number of nitrogens with zero attached hydrogens (tertiary/aromatic N) is 4. The zero-order chi connectivity index (χ0) is 22.5. The smallest absolute Gasteiger partial charge is 0.278 e. The molecule has 0 aliphatic carbocycles. The van der Waals surface area contributed by atoms with Crippen LogP contribution in [0.5, 0.6) is 0 Å². The van der Waals surface area contributed by atoms with Crippen molar-refractivity contribution < 1.29 is 14.0 Å². The molecule has 0 saturated carbocycles. The fourth-order valence-corrected chi connectivity index (χ4v) is 3.79. The molecule has 2 amide bonds. The van der Waals surface area contributed by atoms with Crippen LogP contribution in [0.2, 0.25) is 0 Å². The highest BCUT2D eigenvalue weighted by atomic mass is 19.1. The Bertz CT molecular complexity index is 1130. The molecule has 0 saturated heterocycles. The average Bonchev–Trinajstić information content (AvgIpc) is 3.06. The number of pyridine rings is 2. The third kappa shape index (κ3) is 4.42. The van der Waals surface area contributed by atoms with Crippen LogP contribution in [0, 0.1) is 5.82 Å². The van der Waals surface area contributed by atoms with Gasteiger partial charge in [-0.1, -0.05) is 12.1 Å². The van der Waals surface area contributed by atoms with Gasteiger partial charge >= 0.3 is 0 Å². The molecule has 0 fully saturated rings. The molecule has 0 atom stereocenters. The van der Waals surface area contributed by atoms with Crippen molar-refractivity contribution in [3.8, 4) is 0 Å². The quantitative estimate of drug-likeness (QED) is 0.512. The Kier molecular flexibility index (Phi) is 6.35. The predicted octanol–water partition coefficient (Wildman–Crippen LogP) is 3.46. The summed E-state index contributed by atoms with van der Waals surface area (Å²) >= 11 is 0. The zero-order valence-corrected chi connectivity index (χ0v) is 17.7. The van der Waals surface area contributed by atoms with Crippen molar-refractivity contribution in [3.05, 3.63) is 102 Å². The largest absolute Gasteiger partial charge is 0.366 e. The van der Waals surface area contributed by atoms with E-state index in [1.807, 2.05) is 24.0 Å². The average molecular weight is 430 g/mol. The Morgan fingerprint density at radius 1 is 0.844 bits per heavy atom. The van der Waals surface area contributed by atoms with E-state index >= 15 is 0 Å². The van der Waals surface area contributed by atoms with Gasteiger partial charge in [0.1, 0.15) is 11.5 Å². The van der Waals surface area contributed by atoms with E-state index in [1.165, 1.54) is 17.0 Å². The SMILES string of the molecule is CCN(CCc1ccncc1)C1=C(c2ccc(F)cc2)C(=O)N(Cc2ccncc2)C1=O. The monoisotopic (exact) mass is 430 g/mol. The van der Waals surface area contributed by atoms with Crippen LogP contribution < -0.4 is 0 Å². The lowest BCUT2D eigenvalue weighted by molar-refractivity contribution is -0.138. The molecule has 3 aromatic rings. The molecule has 0 bridgehead atoms. The van der Waals surface area contributed by atoms with E-state index in [1.54, 1.807) is 49.1 Å². The number of imide groups is 1. The van der Waals surface area contributed by atoms with E-state index in [2.05, 4.69) is 9.97 Å². The molecule has 3 heterocycles. The number of benzene rings is 1. The summed E-state index contributed by atoms with van der Waals surface area (Å²) in [5.41, 5.74) is 3.08. The van der Waals surface area contributed by atoms with Crippen molar-refractivity contribution in [1.29, 1.82) is 0 Å². The van der Waals surface area contributed by atoms with Crippen LogP contribution in [-0.2, 0) is 22.6 Å². The summed E-state index contributed by atoms with van der Waals surface area (Å²) < 4.78 is 13.5. The highest BCUT2D eigenvalue weighted by Crippen LogP contribution is 2.32. The first-order valence-corrected chi connectivity index (χ1v) is 10.5.